The Bertz CT molecular complexity index is 1250. The second-order valence-electron chi connectivity index (χ2n) is 24.5. The van der Waals surface area contributed by atoms with Crippen LogP contribution < -0.4 is 5.73 Å². The first-order chi connectivity index (χ1) is 38.8. The van der Waals surface area contributed by atoms with E-state index in [-0.39, 0.29) is 32.1 Å². The Morgan fingerprint density at radius 1 is 0.329 bits per heavy atom. The molecule has 10 heteroatoms. The van der Waals surface area contributed by atoms with E-state index in [4.69, 9.17) is 24.3 Å². The largest absolute Gasteiger partial charge is 0.472 e. The molecular formula is C69H138NO8P. The zero-order valence-electron chi connectivity index (χ0n) is 53.2. The normalized spacial score (nSPS) is 12.8. The number of rotatable bonds is 69. The molecule has 472 valence electrons. The molecule has 0 amide bonds. The van der Waals surface area contributed by atoms with Gasteiger partial charge in [0.05, 0.1) is 13.2 Å². The third-order valence-electron chi connectivity index (χ3n) is 16.5. The van der Waals surface area contributed by atoms with Gasteiger partial charge in [-0.2, -0.15) is 0 Å². The molecule has 0 aromatic carbocycles. The van der Waals surface area contributed by atoms with Gasteiger partial charge in [-0.1, -0.05) is 373 Å². The first kappa shape index (κ1) is 78.0. The lowest BCUT2D eigenvalue weighted by molar-refractivity contribution is -0.161. The summed E-state index contributed by atoms with van der Waals surface area (Å²) in [5, 5.41) is 0. The molecule has 0 spiro atoms. The minimum Gasteiger partial charge on any atom is -0.462 e. The third-order valence-corrected chi connectivity index (χ3v) is 17.5. The highest BCUT2D eigenvalue weighted by Crippen LogP contribution is 2.43. The van der Waals surface area contributed by atoms with Gasteiger partial charge in [-0.25, -0.2) is 4.57 Å². The lowest BCUT2D eigenvalue weighted by atomic mass is 10.0. The van der Waals surface area contributed by atoms with Gasteiger partial charge in [0, 0.05) is 19.4 Å². The van der Waals surface area contributed by atoms with Crippen molar-refractivity contribution in [2.24, 2.45) is 5.73 Å². The van der Waals surface area contributed by atoms with Crippen LogP contribution in [0, 0.1) is 0 Å². The van der Waals surface area contributed by atoms with Crippen molar-refractivity contribution >= 4 is 19.8 Å². The number of ether oxygens (including phenoxy) is 2. The molecule has 0 rings (SSSR count). The second kappa shape index (κ2) is 66.2. The molecule has 2 atom stereocenters. The number of phosphoric ester groups is 1. The smallest absolute Gasteiger partial charge is 0.462 e. The highest BCUT2D eigenvalue weighted by Gasteiger charge is 2.26. The van der Waals surface area contributed by atoms with Crippen LogP contribution >= 0.6 is 7.82 Å². The predicted octanol–water partition coefficient (Wildman–Crippen LogP) is 23.0. The van der Waals surface area contributed by atoms with Gasteiger partial charge in [0.2, 0.25) is 0 Å². The molecule has 0 aliphatic rings. The van der Waals surface area contributed by atoms with Crippen molar-refractivity contribution in [3.63, 3.8) is 0 Å². The Labute approximate surface area is 492 Å². The van der Waals surface area contributed by atoms with E-state index in [0.29, 0.717) is 12.8 Å². The molecule has 79 heavy (non-hydrogen) atoms. The Kier molecular flexibility index (Phi) is 65.3. The Morgan fingerprint density at radius 2 is 0.544 bits per heavy atom. The Hall–Kier alpha value is -0.990. The summed E-state index contributed by atoms with van der Waals surface area (Å²) in [4.78, 5) is 35.3. The van der Waals surface area contributed by atoms with E-state index < -0.39 is 26.5 Å². The molecule has 0 bridgehead atoms. The number of phosphoric acid groups is 1. The fraction of sp³-hybridized carbons (Fsp3) is 0.971. The highest BCUT2D eigenvalue weighted by molar-refractivity contribution is 7.47. The summed E-state index contributed by atoms with van der Waals surface area (Å²) in [7, 11) is -4.38. The molecule has 0 radical (unpaired) electrons. The minimum absolute atomic E-state index is 0.0588. The number of carbonyl (C=O) groups excluding carboxylic acids is 2. The first-order valence-corrected chi connectivity index (χ1v) is 37.0. The van der Waals surface area contributed by atoms with Gasteiger partial charge in [0.15, 0.2) is 6.10 Å². The summed E-state index contributed by atoms with van der Waals surface area (Å²) < 4.78 is 33.2. The predicted molar refractivity (Wildman–Crippen MR) is 340 cm³/mol. The van der Waals surface area contributed by atoms with Crippen LogP contribution in [0.15, 0.2) is 0 Å². The topological polar surface area (TPSA) is 134 Å². The van der Waals surface area contributed by atoms with Crippen molar-refractivity contribution in [1.29, 1.82) is 0 Å². The number of hydrogen-bond acceptors (Lipinski definition) is 8. The van der Waals surface area contributed by atoms with Crippen molar-refractivity contribution in [2.45, 2.75) is 405 Å². The fourth-order valence-electron chi connectivity index (χ4n) is 11.2. The van der Waals surface area contributed by atoms with Gasteiger partial charge >= 0.3 is 19.8 Å². The average molecular weight is 1140 g/mol. The minimum atomic E-state index is -4.38. The lowest BCUT2D eigenvalue weighted by Crippen LogP contribution is -2.29. The molecular weight excluding hydrogens is 1000 g/mol. The van der Waals surface area contributed by atoms with Crippen LogP contribution in [0.1, 0.15) is 399 Å². The quantitative estimate of drug-likeness (QED) is 0.0347. The van der Waals surface area contributed by atoms with E-state index in [0.717, 1.165) is 32.1 Å². The van der Waals surface area contributed by atoms with Crippen LogP contribution in [0.5, 0.6) is 0 Å². The third kappa shape index (κ3) is 66.0. The Morgan fingerprint density at radius 3 is 0.772 bits per heavy atom. The van der Waals surface area contributed by atoms with Gasteiger partial charge in [-0.15, -0.1) is 0 Å². The monoisotopic (exact) mass is 1140 g/mol. The number of esters is 2. The molecule has 0 saturated carbocycles. The Balaban J connectivity index is 3.76. The highest BCUT2D eigenvalue weighted by atomic mass is 31.2. The van der Waals surface area contributed by atoms with E-state index in [9.17, 15) is 19.0 Å². The standard InChI is InChI=1S/C69H138NO8P/c1-3-5-7-9-11-13-15-17-19-21-23-25-27-28-29-30-31-32-33-34-35-36-37-38-40-42-44-46-48-50-52-54-56-58-60-62-69(72)78-67(66-77-79(73,74)76-64-63-70)65-75-68(71)61-59-57-55-53-51-49-47-45-43-41-39-26-24-22-20-18-16-14-12-10-8-6-4-2/h67H,3-66,70H2,1-2H3,(H,73,74). The maximum Gasteiger partial charge on any atom is 0.472 e. The van der Waals surface area contributed by atoms with Crippen molar-refractivity contribution in [2.75, 3.05) is 26.4 Å². The van der Waals surface area contributed by atoms with E-state index in [2.05, 4.69) is 13.8 Å². The first-order valence-electron chi connectivity index (χ1n) is 35.5. The van der Waals surface area contributed by atoms with Gasteiger partial charge in [-0.3, -0.25) is 18.6 Å². The summed E-state index contributed by atoms with van der Waals surface area (Å²) in [5.74, 6) is -0.797. The fourth-order valence-corrected chi connectivity index (χ4v) is 12.0. The summed E-state index contributed by atoms with van der Waals surface area (Å²) in [5.41, 5.74) is 5.40. The van der Waals surface area contributed by atoms with Gasteiger partial charge in [-0.05, 0) is 12.8 Å². The maximum absolute atomic E-state index is 12.8. The molecule has 0 aromatic rings. The molecule has 0 heterocycles. The number of carbonyl (C=O) groups is 2. The zero-order valence-corrected chi connectivity index (χ0v) is 54.1. The zero-order chi connectivity index (χ0) is 57.3. The molecule has 0 fully saturated rings. The van der Waals surface area contributed by atoms with Crippen molar-refractivity contribution in [3.8, 4) is 0 Å². The van der Waals surface area contributed by atoms with E-state index in [1.54, 1.807) is 0 Å². The summed E-state index contributed by atoms with van der Waals surface area (Å²) >= 11 is 0. The molecule has 0 aliphatic carbocycles. The SMILES string of the molecule is CCCCCCCCCCCCCCCCCCCCCCCCCCCCCCCCCCCCCC(=O)OC(COC(=O)CCCCCCCCCCCCCCCCCCCCCCCCC)COP(=O)(O)OCCN. The van der Waals surface area contributed by atoms with E-state index in [1.807, 2.05) is 0 Å². The molecule has 3 N–H and O–H groups in total. The van der Waals surface area contributed by atoms with Crippen LogP contribution in [-0.4, -0.2) is 49.3 Å². The molecule has 9 nitrogen and oxygen atoms in total. The maximum atomic E-state index is 12.8. The average Bonchev–Trinajstić information content (AvgIpc) is 3.44. The number of unbranched alkanes of at least 4 members (excludes halogenated alkanes) is 56. The lowest BCUT2D eigenvalue weighted by Gasteiger charge is -2.19. The number of hydrogen-bond donors (Lipinski definition) is 2. The number of nitrogens with two attached hydrogens (primary N) is 1. The molecule has 2 unspecified atom stereocenters. The molecule has 0 saturated heterocycles. The van der Waals surface area contributed by atoms with E-state index >= 15 is 0 Å². The van der Waals surface area contributed by atoms with Gasteiger partial charge in [0.25, 0.3) is 0 Å². The van der Waals surface area contributed by atoms with Crippen LogP contribution in [0.2, 0.25) is 0 Å². The van der Waals surface area contributed by atoms with Gasteiger partial charge in [0.1, 0.15) is 6.61 Å². The summed E-state index contributed by atoms with van der Waals surface area (Å²) in [6, 6.07) is 0. The second-order valence-corrected chi connectivity index (χ2v) is 25.9. The van der Waals surface area contributed by atoms with Crippen LogP contribution in [0.4, 0.5) is 0 Å². The van der Waals surface area contributed by atoms with Crippen LogP contribution in [-0.2, 0) is 32.7 Å². The van der Waals surface area contributed by atoms with Crippen molar-refractivity contribution < 1.29 is 37.6 Å². The van der Waals surface area contributed by atoms with Gasteiger partial charge < -0.3 is 20.1 Å². The van der Waals surface area contributed by atoms with Crippen molar-refractivity contribution in [3.05, 3.63) is 0 Å². The van der Waals surface area contributed by atoms with Crippen LogP contribution in [0.25, 0.3) is 0 Å². The van der Waals surface area contributed by atoms with Crippen molar-refractivity contribution in [1.82, 2.24) is 0 Å². The molecule has 0 aromatic heterocycles. The van der Waals surface area contributed by atoms with E-state index in [1.165, 1.54) is 334 Å². The van der Waals surface area contributed by atoms with Crippen LogP contribution in [0.3, 0.4) is 0 Å². The summed E-state index contributed by atoms with van der Waals surface area (Å²) in [6.45, 7) is 3.85. The molecule has 0 aliphatic heterocycles. The summed E-state index contributed by atoms with van der Waals surface area (Å²) in [6.07, 6.45) is 77.9.